The maximum Gasteiger partial charge on any atom is 0.335 e. The van der Waals surface area contributed by atoms with Gasteiger partial charge in [0.2, 0.25) is 0 Å². The molecule has 0 saturated carbocycles. The minimum atomic E-state index is -0.189. The fourth-order valence-electron chi connectivity index (χ4n) is 3.90. The van der Waals surface area contributed by atoms with Crippen LogP contribution in [0.1, 0.15) is 136 Å². The van der Waals surface area contributed by atoms with Gasteiger partial charge in [0.1, 0.15) is 0 Å². The molecule has 0 aromatic heterocycles. The van der Waals surface area contributed by atoms with Crippen molar-refractivity contribution in [2.24, 2.45) is 0 Å². The molecule has 0 atom stereocenters. The van der Waals surface area contributed by atoms with Gasteiger partial charge in [0.25, 0.3) is 0 Å². The molecule has 3 heteroatoms. The van der Waals surface area contributed by atoms with Crippen molar-refractivity contribution in [2.75, 3.05) is 20.7 Å². The van der Waals surface area contributed by atoms with Gasteiger partial charge in [0.15, 0.2) is 0 Å². The van der Waals surface area contributed by atoms with Crippen LogP contribution in [0.15, 0.2) is 11.8 Å². The van der Waals surface area contributed by atoms with Crippen molar-refractivity contribution in [2.45, 2.75) is 136 Å². The average Bonchev–Trinajstić information content (AvgIpc) is 2.71. The summed E-state index contributed by atoms with van der Waals surface area (Å²) < 4.78 is 5.30. The summed E-state index contributed by atoms with van der Waals surface area (Å²) >= 11 is 0. The second kappa shape index (κ2) is 22.7. The van der Waals surface area contributed by atoms with Gasteiger partial charge in [-0.15, -0.1) is 0 Å². The Labute approximate surface area is 189 Å². The lowest BCUT2D eigenvalue weighted by Crippen LogP contribution is -2.11. The van der Waals surface area contributed by atoms with Crippen LogP contribution >= 0.6 is 0 Å². The Morgan fingerprint density at radius 3 is 1.30 bits per heavy atom. The van der Waals surface area contributed by atoms with E-state index in [2.05, 4.69) is 6.92 Å². The molecule has 0 aromatic carbocycles. The highest BCUT2D eigenvalue weighted by Crippen LogP contribution is 2.14. The summed E-state index contributed by atoms with van der Waals surface area (Å²) in [6.07, 6.45) is 28.0. The van der Waals surface area contributed by atoms with E-state index in [4.69, 9.17) is 4.74 Å². The van der Waals surface area contributed by atoms with Crippen LogP contribution in [-0.2, 0) is 9.53 Å². The van der Waals surface area contributed by atoms with E-state index in [1.165, 1.54) is 116 Å². The van der Waals surface area contributed by atoms with E-state index >= 15 is 0 Å². The highest BCUT2D eigenvalue weighted by Gasteiger charge is 2.05. The van der Waals surface area contributed by atoms with Gasteiger partial charge in [-0.2, -0.15) is 0 Å². The molecular weight excluding hydrogens is 370 g/mol. The summed E-state index contributed by atoms with van der Waals surface area (Å²) in [7, 11) is 3.82. The predicted molar refractivity (Wildman–Crippen MR) is 132 cm³/mol. The molecule has 0 fully saturated rings. The van der Waals surface area contributed by atoms with Crippen LogP contribution < -0.4 is 0 Å². The predicted octanol–water partition coefficient (Wildman–Crippen LogP) is 8.43. The van der Waals surface area contributed by atoms with Crippen molar-refractivity contribution < 1.29 is 9.53 Å². The zero-order chi connectivity index (χ0) is 22.3. The minimum Gasteiger partial charge on any atom is -0.462 e. The molecule has 0 aromatic rings. The summed E-state index contributed by atoms with van der Waals surface area (Å²) in [5, 5.41) is 0. The van der Waals surface area contributed by atoms with Gasteiger partial charge < -0.3 is 9.64 Å². The first kappa shape index (κ1) is 29.0. The number of nitrogens with zero attached hydrogens (tertiary/aromatic N) is 1. The quantitative estimate of drug-likeness (QED) is 0.0993. The zero-order valence-corrected chi connectivity index (χ0v) is 21.0. The van der Waals surface area contributed by atoms with Gasteiger partial charge in [-0.25, -0.2) is 4.79 Å². The number of hydrogen-bond donors (Lipinski definition) is 0. The van der Waals surface area contributed by atoms with Gasteiger partial charge in [-0.3, -0.25) is 0 Å². The molecule has 0 unspecified atom stereocenters. The molecule has 3 nitrogen and oxygen atoms in total. The maximum absolute atomic E-state index is 11.8. The van der Waals surface area contributed by atoms with Crippen LogP contribution in [0.5, 0.6) is 0 Å². The smallest absolute Gasteiger partial charge is 0.335 e. The lowest BCUT2D eigenvalue weighted by molar-refractivity contribution is -0.139. The Kier molecular flexibility index (Phi) is 21.9. The molecule has 0 aliphatic rings. The van der Waals surface area contributed by atoms with E-state index in [1.54, 1.807) is 13.1 Å². The SMILES string of the molecule is CCCCCCCCCCCCCCCCCCCCCOC(=O)C(C)=CN(C)C. The van der Waals surface area contributed by atoms with Crippen molar-refractivity contribution in [3.63, 3.8) is 0 Å². The van der Waals surface area contributed by atoms with Crippen LogP contribution in [0.3, 0.4) is 0 Å². The Morgan fingerprint density at radius 2 is 0.967 bits per heavy atom. The fourth-order valence-corrected chi connectivity index (χ4v) is 3.90. The second-order valence-electron chi connectivity index (χ2n) is 9.28. The molecule has 0 aliphatic heterocycles. The number of carbonyl (C=O) groups excluding carboxylic acids is 1. The number of rotatable bonds is 22. The molecule has 30 heavy (non-hydrogen) atoms. The number of ether oxygens (including phenoxy) is 1. The standard InChI is InChI=1S/C27H53NO2/c1-5-6-7-8-9-10-11-12-13-14-15-16-17-18-19-20-21-22-23-24-30-27(29)26(2)25-28(3)4/h25H,5-24H2,1-4H3. The average molecular weight is 424 g/mol. The number of carbonyl (C=O) groups is 1. The molecule has 0 aliphatic carbocycles. The summed E-state index contributed by atoms with van der Waals surface area (Å²) in [5.41, 5.74) is 0.665. The van der Waals surface area contributed by atoms with Crippen molar-refractivity contribution in [1.29, 1.82) is 0 Å². The van der Waals surface area contributed by atoms with E-state index < -0.39 is 0 Å². The Morgan fingerprint density at radius 1 is 0.633 bits per heavy atom. The van der Waals surface area contributed by atoms with Gasteiger partial charge in [-0.05, 0) is 13.3 Å². The summed E-state index contributed by atoms with van der Waals surface area (Å²) in [6, 6.07) is 0. The molecule has 178 valence electrons. The van der Waals surface area contributed by atoms with Gasteiger partial charge in [0, 0.05) is 25.9 Å². The van der Waals surface area contributed by atoms with E-state index in [1.807, 2.05) is 19.0 Å². The molecule has 0 radical (unpaired) electrons. The minimum absolute atomic E-state index is 0.189. The zero-order valence-electron chi connectivity index (χ0n) is 21.0. The second-order valence-corrected chi connectivity index (χ2v) is 9.28. The van der Waals surface area contributed by atoms with Crippen molar-refractivity contribution >= 4 is 5.97 Å². The first-order valence-electron chi connectivity index (χ1n) is 13.1. The monoisotopic (exact) mass is 423 g/mol. The molecule has 0 rings (SSSR count). The van der Waals surface area contributed by atoms with Gasteiger partial charge in [-0.1, -0.05) is 122 Å². The Bertz CT molecular complexity index is 404. The third kappa shape index (κ3) is 21.7. The maximum atomic E-state index is 11.8. The van der Waals surface area contributed by atoms with Crippen molar-refractivity contribution in [3.05, 3.63) is 11.8 Å². The van der Waals surface area contributed by atoms with Crippen molar-refractivity contribution in [3.8, 4) is 0 Å². The molecule has 0 heterocycles. The Hall–Kier alpha value is -0.990. The third-order valence-corrected chi connectivity index (χ3v) is 5.75. The number of hydrogen-bond acceptors (Lipinski definition) is 3. The summed E-state index contributed by atoms with van der Waals surface area (Å²) in [6.45, 7) is 4.64. The van der Waals surface area contributed by atoms with E-state index in [9.17, 15) is 4.79 Å². The van der Waals surface area contributed by atoms with Crippen molar-refractivity contribution in [1.82, 2.24) is 4.90 Å². The lowest BCUT2D eigenvalue weighted by Gasteiger charge is -2.08. The lowest BCUT2D eigenvalue weighted by atomic mass is 10.0. The molecule has 0 amide bonds. The number of unbranched alkanes of at least 4 members (excludes halogenated alkanes) is 18. The largest absolute Gasteiger partial charge is 0.462 e. The first-order valence-corrected chi connectivity index (χ1v) is 13.1. The Balaban J connectivity index is 3.19. The summed E-state index contributed by atoms with van der Waals surface area (Å²) in [4.78, 5) is 13.6. The third-order valence-electron chi connectivity index (χ3n) is 5.75. The molecule has 0 bridgehead atoms. The van der Waals surface area contributed by atoms with E-state index in [0.717, 1.165) is 6.42 Å². The highest BCUT2D eigenvalue weighted by molar-refractivity contribution is 5.87. The highest BCUT2D eigenvalue weighted by atomic mass is 16.5. The number of esters is 1. The van der Waals surface area contributed by atoms with Crippen LogP contribution in [0, 0.1) is 0 Å². The topological polar surface area (TPSA) is 29.5 Å². The van der Waals surface area contributed by atoms with Crippen LogP contribution in [0.4, 0.5) is 0 Å². The van der Waals surface area contributed by atoms with Gasteiger partial charge in [0.05, 0.1) is 6.61 Å². The fraction of sp³-hybridized carbons (Fsp3) is 0.889. The molecule has 0 saturated heterocycles. The molecule has 0 spiro atoms. The van der Waals surface area contributed by atoms with Crippen LogP contribution in [-0.4, -0.2) is 31.6 Å². The normalized spacial score (nSPS) is 11.7. The van der Waals surface area contributed by atoms with Gasteiger partial charge >= 0.3 is 5.97 Å². The summed E-state index contributed by atoms with van der Waals surface area (Å²) in [5.74, 6) is -0.189. The van der Waals surface area contributed by atoms with Crippen LogP contribution in [0.25, 0.3) is 0 Å². The molecular formula is C27H53NO2. The van der Waals surface area contributed by atoms with Crippen LogP contribution in [0.2, 0.25) is 0 Å². The van der Waals surface area contributed by atoms with E-state index in [0.29, 0.717) is 12.2 Å². The molecule has 0 N–H and O–H groups in total. The first-order chi connectivity index (χ1) is 14.6. The van der Waals surface area contributed by atoms with E-state index in [-0.39, 0.29) is 5.97 Å².